The van der Waals surface area contributed by atoms with Crippen LogP contribution in [0.25, 0.3) is 0 Å². The third kappa shape index (κ3) is 20.6. The average Bonchev–Trinajstić information content (AvgIpc) is 2.72. The molecule has 0 saturated heterocycles. The SMILES string of the molecule is CCCCCCCC/C=C\CCCCCCCC(=O)N[C@@H](CO[PH](O)(O)O)C(=O)OC. The Morgan fingerprint density at radius 3 is 1.90 bits per heavy atom. The molecule has 0 rings (SSSR count). The Balaban J connectivity index is 3.71. The van der Waals surface area contributed by atoms with E-state index in [4.69, 9.17) is 14.7 Å². The van der Waals surface area contributed by atoms with Crippen LogP contribution in [0, 0.1) is 0 Å². The minimum atomic E-state index is -4.76. The van der Waals surface area contributed by atoms with Crippen molar-refractivity contribution in [3.63, 3.8) is 0 Å². The molecule has 1 atom stereocenters. The summed E-state index contributed by atoms with van der Waals surface area (Å²) in [5.74, 6) is -1.13. The number of hydrogen-bond acceptors (Lipinski definition) is 7. The molecule has 0 unspecified atom stereocenters. The number of rotatable bonds is 20. The molecular formula is C22H44NO7P. The van der Waals surface area contributed by atoms with Crippen molar-refractivity contribution in [3.05, 3.63) is 12.2 Å². The zero-order valence-electron chi connectivity index (χ0n) is 19.3. The van der Waals surface area contributed by atoms with Gasteiger partial charge in [-0.15, -0.1) is 0 Å². The van der Waals surface area contributed by atoms with Gasteiger partial charge < -0.3 is 0 Å². The second-order valence-electron chi connectivity index (χ2n) is 7.86. The summed E-state index contributed by atoms with van der Waals surface area (Å²) in [7, 11) is -3.61. The number of carbonyl (C=O) groups is 2. The van der Waals surface area contributed by atoms with Crippen LogP contribution in [0.5, 0.6) is 0 Å². The third-order valence-corrected chi connectivity index (χ3v) is 5.48. The first-order valence-electron chi connectivity index (χ1n) is 11.6. The van der Waals surface area contributed by atoms with Gasteiger partial charge in [0.2, 0.25) is 0 Å². The first kappa shape index (κ1) is 29.9. The van der Waals surface area contributed by atoms with Gasteiger partial charge in [-0.25, -0.2) is 0 Å². The maximum atomic E-state index is 12.0. The van der Waals surface area contributed by atoms with Gasteiger partial charge in [-0.1, -0.05) is 51.2 Å². The van der Waals surface area contributed by atoms with Gasteiger partial charge in [0.05, 0.1) is 0 Å². The standard InChI is InChI=1S/C22H44NO7P/c1-3-4-5-6-7-8-9-10-11-12-13-14-15-16-17-18-21(24)23-20(22(25)29-2)19-30-31(26,27)28/h10-11,20,26-28,31H,3-9,12-19H2,1-2H3,(H,23,24)/b11-10-/t20-/m0/s1. The second-order valence-corrected chi connectivity index (χ2v) is 9.30. The van der Waals surface area contributed by atoms with Gasteiger partial charge in [0.25, 0.3) is 0 Å². The molecule has 0 aromatic heterocycles. The fraction of sp³-hybridized carbons (Fsp3) is 0.818. The predicted molar refractivity (Wildman–Crippen MR) is 124 cm³/mol. The summed E-state index contributed by atoms with van der Waals surface area (Å²) >= 11 is 0. The molecule has 4 N–H and O–H groups in total. The van der Waals surface area contributed by atoms with Gasteiger partial charge in [-0.2, -0.15) is 0 Å². The fourth-order valence-electron chi connectivity index (χ4n) is 3.13. The Labute approximate surface area is 188 Å². The fourth-order valence-corrected chi connectivity index (χ4v) is 3.52. The van der Waals surface area contributed by atoms with Gasteiger partial charge in [-0.05, 0) is 12.8 Å². The van der Waals surface area contributed by atoms with Crippen molar-refractivity contribution >= 4 is 20.0 Å². The van der Waals surface area contributed by atoms with E-state index in [-0.39, 0.29) is 12.3 Å². The summed E-state index contributed by atoms with van der Waals surface area (Å²) in [6, 6.07) is -1.20. The number of nitrogens with one attached hydrogen (secondary N) is 1. The van der Waals surface area contributed by atoms with Gasteiger partial charge in [0.15, 0.2) is 0 Å². The quantitative estimate of drug-likeness (QED) is 0.0924. The van der Waals surface area contributed by atoms with Crippen molar-refractivity contribution in [1.82, 2.24) is 5.32 Å². The first-order chi connectivity index (χ1) is 14.8. The number of ether oxygens (including phenoxy) is 1. The summed E-state index contributed by atoms with van der Waals surface area (Å²) < 4.78 is 8.97. The number of hydrogen-bond donors (Lipinski definition) is 4. The van der Waals surface area contributed by atoms with Crippen LogP contribution in [-0.4, -0.2) is 46.3 Å². The number of amides is 1. The van der Waals surface area contributed by atoms with E-state index in [1.54, 1.807) is 0 Å². The Bertz CT molecular complexity index is 495. The van der Waals surface area contributed by atoms with Crippen LogP contribution in [0.15, 0.2) is 12.2 Å². The van der Waals surface area contributed by atoms with E-state index in [9.17, 15) is 9.59 Å². The molecule has 31 heavy (non-hydrogen) atoms. The second kappa shape index (κ2) is 19.6. The summed E-state index contributed by atoms with van der Waals surface area (Å²) in [4.78, 5) is 50.2. The van der Waals surface area contributed by atoms with Crippen LogP contribution in [0.1, 0.15) is 96.8 Å². The monoisotopic (exact) mass is 465 g/mol. The molecule has 8 nitrogen and oxygen atoms in total. The van der Waals surface area contributed by atoms with Crippen molar-refractivity contribution in [2.45, 2.75) is 103 Å². The van der Waals surface area contributed by atoms with E-state index in [0.717, 1.165) is 39.2 Å². The number of carbonyl (C=O) groups excluding carboxylic acids is 2. The number of methoxy groups -OCH3 is 1. The number of allylic oxidation sites excluding steroid dienone is 2. The molecule has 0 saturated carbocycles. The summed E-state index contributed by atoms with van der Waals surface area (Å²) in [6.07, 6.45) is 20.0. The molecule has 0 aliphatic heterocycles. The molecule has 0 radical (unpaired) electrons. The molecule has 0 aromatic carbocycles. The molecule has 1 amide bonds. The summed E-state index contributed by atoms with van der Waals surface area (Å²) in [6.45, 7) is 1.67. The van der Waals surface area contributed by atoms with Crippen molar-refractivity contribution in [3.8, 4) is 0 Å². The van der Waals surface area contributed by atoms with E-state index >= 15 is 0 Å². The van der Waals surface area contributed by atoms with Gasteiger partial charge in [0.1, 0.15) is 0 Å². The van der Waals surface area contributed by atoms with Crippen LogP contribution in [0.4, 0.5) is 0 Å². The summed E-state index contributed by atoms with van der Waals surface area (Å²) in [5.41, 5.74) is 0. The molecule has 9 heteroatoms. The molecule has 0 heterocycles. The van der Waals surface area contributed by atoms with Crippen molar-refractivity contribution in [2.24, 2.45) is 0 Å². The molecule has 0 fully saturated rings. The van der Waals surface area contributed by atoms with E-state index in [0.29, 0.717) is 6.42 Å². The van der Waals surface area contributed by atoms with Gasteiger partial charge in [0, 0.05) is 0 Å². The van der Waals surface area contributed by atoms with Crippen LogP contribution < -0.4 is 5.32 Å². The van der Waals surface area contributed by atoms with Crippen molar-refractivity contribution in [1.29, 1.82) is 0 Å². The van der Waals surface area contributed by atoms with Crippen LogP contribution >= 0.6 is 8.17 Å². The van der Waals surface area contributed by atoms with Crippen LogP contribution in [0.3, 0.4) is 0 Å². The van der Waals surface area contributed by atoms with E-state index in [1.807, 2.05) is 0 Å². The van der Waals surface area contributed by atoms with Gasteiger partial charge in [-0.3, -0.25) is 0 Å². The zero-order valence-corrected chi connectivity index (χ0v) is 20.3. The van der Waals surface area contributed by atoms with Crippen molar-refractivity contribution < 1.29 is 33.5 Å². The molecular weight excluding hydrogens is 421 g/mol. The zero-order chi connectivity index (χ0) is 23.4. The predicted octanol–water partition coefficient (Wildman–Crippen LogP) is 4.09. The van der Waals surface area contributed by atoms with Gasteiger partial charge >= 0.3 is 124 Å². The van der Waals surface area contributed by atoms with E-state index in [2.05, 4.69) is 33.7 Å². The normalized spacial score (nSPS) is 13.3. The topological polar surface area (TPSA) is 125 Å². The molecule has 184 valence electrons. The molecule has 0 aromatic rings. The Kier molecular flexibility index (Phi) is 19.0. The molecule has 0 bridgehead atoms. The Morgan fingerprint density at radius 2 is 1.39 bits per heavy atom. The minimum absolute atomic E-state index is 0.256. The Hall–Kier alpha value is -1.05. The number of esters is 1. The average molecular weight is 466 g/mol. The van der Waals surface area contributed by atoms with E-state index < -0.39 is 26.8 Å². The third-order valence-electron chi connectivity index (χ3n) is 4.93. The van der Waals surface area contributed by atoms with Crippen molar-refractivity contribution in [2.75, 3.05) is 13.7 Å². The summed E-state index contributed by atoms with van der Waals surface area (Å²) in [5, 5.41) is 2.43. The Morgan fingerprint density at radius 1 is 0.871 bits per heavy atom. The number of unbranched alkanes of at least 4 members (excludes halogenated alkanes) is 11. The molecule has 0 aliphatic rings. The van der Waals surface area contributed by atoms with Crippen LogP contribution in [-0.2, 0) is 18.8 Å². The molecule has 0 spiro atoms. The van der Waals surface area contributed by atoms with E-state index in [1.165, 1.54) is 44.9 Å². The maximum absolute atomic E-state index is 12.0. The first-order valence-corrected chi connectivity index (χ1v) is 13.4. The van der Waals surface area contributed by atoms with Crippen LogP contribution in [0.2, 0.25) is 0 Å². The molecule has 0 aliphatic carbocycles.